The maximum absolute atomic E-state index is 12.1. The summed E-state index contributed by atoms with van der Waals surface area (Å²) in [5, 5.41) is 0. The number of halogens is 1. The molecule has 23 heavy (non-hydrogen) atoms. The van der Waals surface area contributed by atoms with Crippen LogP contribution in [0.2, 0.25) is 6.04 Å². The van der Waals surface area contributed by atoms with Crippen molar-refractivity contribution >= 4 is 14.8 Å². The minimum Gasteiger partial charge on any atom is -1.00 e. The van der Waals surface area contributed by atoms with E-state index in [9.17, 15) is 4.79 Å². The number of likely N-dealkylation sites (N-methyl/N-ethyl adjacent to an activating group) is 1. The van der Waals surface area contributed by atoms with Crippen LogP contribution in [0.15, 0.2) is 0 Å². The second kappa shape index (κ2) is 10.8. The van der Waals surface area contributed by atoms with Crippen LogP contribution < -0.4 is 17.0 Å². The van der Waals surface area contributed by atoms with Gasteiger partial charge < -0.3 is 39.5 Å². The molecular weight excluding hydrogens is 382 g/mol. The first-order valence-corrected chi connectivity index (χ1v) is 9.69. The van der Waals surface area contributed by atoms with Gasteiger partial charge in [0.2, 0.25) is 0 Å². The normalized spacial score (nSPS) is 14.8. The van der Waals surface area contributed by atoms with Gasteiger partial charge in [0.25, 0.3) is 0 Å². The smallest absolute Gasteiger partial charge is 0.500 e. The van der Waals surface area contributed by atoms with Crippen molar-refractivity contribution in [3.05, 3.63) is 0 Å². The lowest BCUT2D eigenvalue weighted by molar-refractivity contribution is -0.900. The Morgan fingerprint density at radius 1 is 1.09 bits per heavy atom. The Hall–Kier alpha value is 0.00688. The fraction of sp³-hybridized carbons (Fsp3) is 0.933. The van der Waals surface area contributed by atoms with E-state index in [-0.39, 0.29) is 23.0 Å². The van der Waals surface area contributed by atoms with Gasteiger partial charge in [-0.15, -0.1) is 0 Å². The van der Waals surface area contributed by atoms with E-state index in [4.69, 9.17) is 18.0 Å². The molecule has 0 aliphatic rings. The van der Waals surface area contributed by atoms with Crippen molar-refractivity contribution < 1.29 is 44.3 Å². The minimum atomic E-state index is -2.53. The van der Waals surface area contributed by atoms with Crippen molar-refractivity contribution in [2.45, 2.75) is 45.8 Å². The van der Waals surface area contributed by atoms with E-state index in [1.807, 2.05) is 20.8 Å². The molecule has 1 unspecified atom stereocenters. The first-order valence-electron chi connectivity index (χ1n) is 7.76. The maximum Gasteiger partial charge on any atom is 0.500 e. The SMILES string of the molecule is CC[N+](C)(CCC[Si](OC)(OC)OC)CC(=O)OC(C)(C)C.[Br-]. The molecule has 0 bridgehead atoms. The van der Waals surface area contributed by atoms with E-state index < -0.39 is 14.4 Å². The summed E-state index contributed by atoms with van der Waals surface area (Å²) in [6, 6.07) is 0.735. The summed E-state index contributed by atoms with van der Waals surface area (Å²) in [7, 11) is 4.39. The highest BCUT2D eigenvalue weighted by Gasteiger charge is 2.38. The second-order valence-electron chi connectivity index (χ2n) is 6.80. The Labute approximate surface area is 153 Å². The van der Waals surface area contributed by atoms with E-state index >= 15 is 0 Å². The number of hydrogen-bond donors (Lipinski definition) is 0. The fourth-order valence-electron chi connectivity index (χ4n) is 2.27. The predicted octanol–water partition coefficient (Wildman–Crippen LogP) is -0.933. The molecule has 0 rings (SSSR count). The highest BCUT2D eigenvalue weighted by atomic mass is 79.9. The highest BCUT2D eigenvalue weighted by Crippen LogP contribution is 2.17. The number of esters is 1. The van der Waals surface area contributed by atoms with Gasteiger partial charge in [-0.1, -0.05) is 0 Å². The molecule has 0 N–H and O–H groups in total. The number of quaternary nitrogens is 1. The lowest BCUT2D eigenvalue weighted by atomic mass is 10.2. The molecular formula is C15H34BrNO5Si. The standard InChI is InChI=1S/C15H34NO5Si.BrH/c1-9-16(5,13-14(17)21-15(2,3)4)11-10-12-22(18-6,19-7)20-8;/h9-13H2,1-8H3;1H/q+1;/p-1. The molecule has 0 radical (unpaired) electrons. The minimum absolute atomic E-state index is 0. The van der Waals surface area contributed by atoms with Crippen molar-refractivity contribution in [1.29, 1.82) is 0 Å². The van der Waals surface area contributed by atoms with Gasteiger partial charge >= 0.3 is 14.8 Å². The molecule has 0 aliphatic heterocycles. The Morgan fingerprint density at radius 3 is 1.91 bits per heavy atom. The van der Waals surface area contributed by atoms with Crippen molar-refractivity contribution in [3.8, 4) is 0 Å². The van der Waals surface area contributed by atoms with Gasteiger partial charge in [0.15, 0.2) is 6.54 Å². The van der Waals surface area contributed by atoms with Crippen LogP contribution in [-0.4, -0.2) is 72.9 Å². The number of carbonyl (C=O) groups excluding carboxylic acids is 1. The van der Waals surface area contributed by atoms with Crippen molar-refractivity contribution in [2.75, 3.05) is 48.0 Å². The summed E-state index contributed by atoms with van der Waals surface area (Å²) in [4.78, 5) is 12.1. The Bertz CT molecular complexity index is 339. The number of carbonyl (C=O) groups is 1. The second-order valence-corrected chi connectivity index (χ2v) is 9.89. The average molecular weight is 416 g/mol. The first kappa shape index (κ1) is 25.2. The van der Waals surface area contributed by atoms with E-state index in [0.717, 1.165) is 25.6 Å². The third kappa shape index (κ3) is 9.78. The maximum atomic E-state index is 12.1. The molecule has 0 amide bonds. The van der Waals surface area contributed by atoms with Crippen LogP contribution >= 0.6 is 0 Å². The van der Waals surface area contributed by atoms with Gasteiger partial charge in [0.1, 0.15) is 5.60 Å². The third-order valence-electron chi connectivity index (χ3n) is 3.81. The summed E-state index contributed by atoms with van der Waals surface area (Å²) >= 11 is 0. The zero-order chi connectivity index (χ0) is 17.4. The van der Waals surface area contributed by atoms with Crippen LogP contribution in [0, 0.1) is 0 Å². The van der Waals surface area contributed by atoms with E-state index in [2.05, 4.69) is 14.0 Å². The number of hydrogen-bond acceptors (Lipinski definition) is 5. The third-order valence-corrected chi connectivity index (χ3v) is 6.64. The molecule has 0 aromatic rings. The monoisotopic (exact) mass is 415 g/mol. The van der Waals surface area contributed by atoms with Crippen molar-refractivity contribution in [1.82, 2.24) is 0 Å². The first-order chi connectivity index (χ1) is 10.1. The van der Waals surface area contributed by atoms with Gasteiger partial charge in [-0.25, -0.2) is 4.79 Å². The summed E-state index contributed by atoms with van der Waals surface area (Å²) in [6.07, 6.45) is 0.870. The number of ether oxygens (including phenoxy) is 1. The molecule has 6 nitrogen and oxygen atoms in total. The van der Waals surface area contributed by atoms with E-state index in [0.29, 0.717) is 11.0 Å². The number of nitrogens with zero attached hydrogens (tertiary/aromatic N) is 1. The Kier molecular flexibility index (Phi) is 11.8. The van der Waals surface area contributed by atoms with Gasteiger partial charge in [-0.3, -0.25) is 0 Å². The largest absolute Gasteiger partial charge is 1.00 e. The summed E-state index contributed by atoms with van der Waals surface area (Å²) < 4.78 is 22.3. The average Bonchev–Trinajstić information content (AvgIpc) is 2.42. The van der Waals surface area contributed by atoms with Gasteiger partial charge in [-0.2, -0.15) is 0 Å². The number of rotatable bonds is 10. The molecule has 140 valence electrons. The van der Waals surface area contributed by atoms with E-state index in [1.54, 1.807) is 21.3 Å². The molecule has 0 saturated carbocycles. The van der Waals surface area contributed by atoms with Gasteiger partial charge in [-0.05, 0) is 27.7 Å². The topological polar surface area (TPSA) is 54.0 Å². The molecule has 0 heterocycles. The lowest BCUT2D eigenvalue weighted by Crippen LogP contribution is -3.00. The molecule has 0 aliphatic carbocycles. The van der Waals surface area contributed by atoms with Crippen LogP contribution in [0.25, 0.3) is 0 Å². The zero-order valence-corrected chi connectivity index (χ0v) is 18.5. The van der Waals surface area contributed by atoms with Crippen molar-refractivity contribution in [2.24, 2.45) is 0 Å². The van der Waals surface area contributed by atoms with Crippen LogP contribution in [0.4, 0.5) is 0 Å². The summed E-state index contributed by atoms with van der Waals surface area (Å²) in [5.41, 5.74) is -0.445. The highest BCUT2D eigenvalue weighted by molar-refractivity contribution is 6.60. The molecule has 0 aromatic heterocycles. The van der Waals surface area contributed by atoms with Crippen LogP contribution in [-0.2, 0) is 22.8 Å². The fourth-order valence-corrected chi connectivity index (χ4v) is 3.97. The quantitative estimate of drug-likeness (QED) is 0.262. The van der Waals surface area contributed by atoms with Crippen LogP contribution in [0.3, 0.4) is 0 Å². The summed E-state index contributed by atoms with van der Waals surface area (Å²) in [5.74, 6) is -0.161. The summed E-state index contributed by atoms with van der Waals surface area (Å²) in [6.45, 7) is 9.82. The molecule has 1 atom stereocenters. The molecule has 8 heteroatoms. The van der Waals surface area contributed by atoms with Crippen molar-refractivity contribution in [3.63, 3.8) is 0 Å². The zero-order valence-electron chi connectivity index (χ0n) is 15.9. The van der Waals surface area contributed by atoms with E-state index in [1.165, 1.54) is 0 Å². The molecule has 0 spiro atoms. The van der Waals surface area contributed by atoms with Crippen LogP contribution in [0.1, 0.15) is 34.1 Å². The molecule has 0 fully saturated rings. The van der Waals surface area contributed by atoms with Gasteiger partial charge in [0.05, 0.1) is 20.1 Å². The van der Waals surface area contributed by atoms with Crippen LogP contribution in [0.5, 0.6) is 0 Å². The Balaban J connectivity index is 0. The van der Waals surface area contributed by atoms with Gasteiger partial charge in [0, 0.05) is 33.8 Å². The predicted molar refractivity (Wildman–Crippen MR) is 88.5 cm³/mol. The molecule has 0 saturated heterocycles. The lowest BCUT2D eigenvalue weighted by Gasteiger charge is -2.34. The Morgan fingerprint density at radius 2 is 1.57 bits per heavy atom. The molecule has 0 aromatic carbocycles.